The van der Waals surface area contributed by atoms with Crippen molar-refractivity contribution in [3.05, 3.63) is 0 Å². The van der Waals surface area contributed by atoms with E-state index in [4.69, 9.17) is 0 Å². The van der Waals surface area contributed by atoms with Crippen LogP contribution in [-0.4, -0.2) is 37.1 Å². The van der Waals surface area contributed by atoms with Crippen molar-refractivity contribution >= 4 is 0 Å². The largest absolute Gasteiger partial charge is 0.315 e. The van der Waals surface area contributed by atoms with Gasteiger partial charge in [-0.15, -0.1) is 0 Å². The predicted molar refractivity (Wildman–Crippen MR) is 81.4 cm³/mol. The van der Waals surface area contributed by atoms with Gasteiger partial charge in [0.15, 0.2) is 0 Å². The minimum Gasteiger partial charge on any atom is -0.315 e. The maximum atomic E-state index is 3.65. The molecule has 19 heavy (non-hydrogen) atoms. The highest BCUT2D eigenvalue weighted by Crippen LogP contribution is 2.37. The summed E-state index contributed by atoms with van der Waals surface area (Å²) in [6.07, 6.45) is 14.8. The van der Waals surface area contributed by atoms with Gasteiger partial charge in [0, 0.05) is 18.6 Å². The van der Waals surface area contributed by atoms with Gasteiger partial charge in [-0.05, 0) is 57.5 Å². The van der Waals surface area contributed by atoms with E-state index in [-0.39, 0.29) is 0 Å². The second-order valence-electron chi connectivity index (χ2n) is 7.19. The Hall–Kier alpha value is -0.0800. The van der Waals surface area contributed by atoms with E-state index in [9.17, 15) is 0 Å². The number of likely N-dealkylation sites (N-methyl/N-ethyl adjacent to an activating group) is 1. The molecular formula is C17H32N2. The molecule has 0 aromatic rings. The van der Waals surface area contributed by atoms with Crippen LogP contribution in [0.2, 0.25) is 0 Å². The summed E-state index contributed by atoms with van der Waals surface area (Å²) in [7, 11) is 2.19. The van der Waals surface area contributed by atoms with Crippen LogP contribution >= 0.6 is 0 Å². The average Bonchev–Trinajstić information content (AvgIpc) is 2.89. The monoisotopic (exact) mass is 264 g/mol. The normalized spacial score (nSPS) is 35.2. The van der Waals surface area contributed by atoms with Crippen molar-refractivity contribution in [1.29, 1.82) is 0 Å². The number of nitrogens with zero attached hydrogens (tertiary/aromatic N) is 1. The molecule has 2 aliphatic carbocycles. The van der Waals surface area contributed by atoms with E-state index in [1.54, 1.807) is 0 Å². The third-order valence-electron chi connectivity index (χ3n) is 6.15. The van der Waals surface area contributed by atoms with Gasteiger partial charge >= 0.3 is 0 Å². The van der Waals surface area contributed by atoms with E-state index < -0.39 is 0 Å². The minimum atomic E-state index is 0.751. The van der Waals surface area contributed by atoms with Gasteiger partial charge in [-0.1, -0.05) is 32.1 Å². The SMILES string of the molecule is CNC(CN1CCC2CCCCC21)C1CCCCC1. The molecule has 3 fully saturated rings. The Labute approximate surface area is 119 Å². The summed E-state index contributed by atoms with van der Waals surface area (Å²) >= 11 is 0. The highest BCUT2D eigenvalue weighted by molar-refractivity contribution is 4.92. The molecule has 0 aromatic carbocycles. The van der Waals surface area contributed by atoms with Crippen molar-refractivity contribution in [3.63, 3.8) is 0 Å². The van der Waals surface area contributed by atoms with Crippen LogP contribution in [0, 0.1) is 11.8 Å². The summed E-state index contributed by atoms with van der Waals surface area (Å²) in [6.45, 7) is 2.70. The van der Waals surface area contributed by atoms with Gasteiger partial charge in [-0.25, -0.2) is 0 Å². The van der Waals surface area contributed by atoms with Gasteiger partial charge in [-0.3, -0.25) is 4.90 Å². The molecule has 0 radical (unpaired) electrons. The Balaban J connectivity index is 1.56. The van der Waals surface area contributed by atoms with Crippen LogP contribution in [0.3, 0.4) is 0 Å². The fourth-order valence-corrected chi connectivity index (χ4v) is 4.99. The first-order valence-corrected chi connectivity index (χ1v) is 8.80. The molecule has 0 aromatic heterocycles. The lowest BCUT2D eigenvalue weighted by atomic mass is 9.82. The van der Waals surface area contributed by atoms with Crippen molar-refractivity contribution in [3.8, 4) is 0 Å². The number of hydrogen-bond donors (Lipinski definition) is 1. The zero-order valence-electron chi connectivity index (χ0n) is 12.7. The topological polar surface area (TPSA) is 15.3 Å². The lowest BCUT2D eigenvalue weighted by molar-refractivity contribution is 0.143. The Kier molecular flexibility index (Phi) is 4.81. The van der Waals surface area contributed by atoms with Crippen LogP contribution in [0.15, 0.2) is 0 Å². The van der Waals surface area contributed by atoms with Crippen LogP contribution in [0.4, 0.5) is 0 Å². The Bertz CT molecular complexity index is 272. The van der Waals surface area contributed by atoms with Gasteiger partial charge < -0.3 is 5.32 Å². The van der Waals surface area contributed by atoms with Crippen molar-refractivity contribution in [1.82, 2.24) is 10.2 Å². The highest BCUT2D eigenvalue weighted by atomic mass is 15.2. The highest BCUT2D eigenvalue weighted by Gasteiger charge is 2.37. The molecule has 1 N–H and O–H groups in total. The van der Waals surface area contributed by atoms with E-state index in [1.807, 2.05) is 0 Å². The molecule has 1 heterocycles. The number of nitrogens with one attached hydrogen (secondary N) is 1. The molecule has 2 heteroatoms. The maximum Gasteiger partial charge on any atom is 0.0220 e. The molecule has 0 spiro atoms. The summed E-state index contributed by atoms with van der Waals surface area (Å²) in [5.74, 6) is 1.99. The van der Waals surface area contributed by atoms with E-state index in [0.29, 0.717) is 0 Å². The van der Waals surface area contributed by atoms with Crippen LogP contribution in [0.1, 0.15) is 64.2 Å². The van der Waals surface area contributed by atoms with Gasteiger partial charge in [0.25, 0.3) is 0 Å². The number of hydrogen-bond acceptors (Lipinski definition) is 2. The Morgan fingerprint density at radius 1 is 0.947 bits per heavy atom. The molecule has 3 atom stereocenters. The second kappa shape index (κ2) is 6.58. The molecule has 3 aliphatic rings. The first-order valence-electron chi connectivity index (χ1n) is 8.80. The van der Waals surface area contributed by atoms with E-state index in [1.165, 1.54) is 77.3 Å². The van der Waals surface area contributed by atoms with Gasteiger partial charge in [-0.2, -0.15) is 0 Å². The lowest BCUT2D eigenvalue weighted by Gasteiger charge is -2.37. The Morgan fingerprint density at radius 2 is 1.68 bits per heavy atom. The third-order valence-corrected chi connectivity index (χ3v) is 6.15. The standard InChI is InChI=1S/C17H32N2/c1-18-16(14-7-3-2-4-8-14)13-19-12-11-15-9-5-6-10-17(15)19/h14-18H,2-13H2,1H3. The van der Waals surface area contributed by atoms with Gasteiger partial charge in [0.2, 0.25) is 0 Å². The molecule has 0 amide bonds. The number of fused-ring (bicyclic) bond motifs is 1. The molecule has 110 valence electrons. The fourth-order valence-electron chi connectivity index (χ4n) is 4.99. The molecule has 2 saturated carbocycles. The van der Waals surface area contributed by atoms with Crippen LogP contribution in [-0.2, 0) is 0 Å². The summed E-state index contributed by atoms with van der Waals surface area (Å²) < 4.78 is 0. The maximum absolute atomic E-state index is 3.65. The molecule has 2 nitrogen and oxygen atoms in total. The first-order chi connectivity index (χ1) is 9.38. The van der Waals surface area contributed by atoms with Crippen molar-refractivity contribution in [2.45, 2.75) is 76.3 Å². The number of likely N-dealkylation sites (tertiary alicyclic amines) is 1. The van der Waals surface area contributed by atoms with Crippen molar-refractivity contribution < 1.29 is 0 Å². The van der Waals surface area contributed by atoms with E-state index >= 15 is 0 Å². The molecule has 1 saturated heterocycles. The molecule has 1 aliphatic heterocycles. The lowest BCUT2D eigenvalue weighted by Crippen LogP contribution is -2.47. The summed E-state index contributed by atoms with van der Waals surface area (Å²) in [6, 6.07) is 1.69. The van der Waals surface area contributed by atoms with Crippen LogP contribution < -0.4 is 5.32 Å². The van der Waals surface area contributed by atoms with Gasteiger partial charge in [0.05, 0.1) is 0 Å². The zero-order valence-corrected chi connectivity index (χ0v) is 12.7. The second-order valence-corrected chi connectivity index (χ2v) is 7.19. The average molecular weight is 264 g/mol. The van der Waals surface area contributed by atoms with Crippen LogP contribution in [0.5, 0.6) is 0 Å². The number of rotatable bonds is 4. The molecule has 3 unspecified atom stereocenters. The van der Waals surface area contributed by atoms with E-state index in [2.05, 4.69) is 17.3 Å². The Morgan fingerprint density at radius 3 is 2.47 bits per heavy atom. The zero-order chi connectivity index (χ0) is 13.1. The third kappa shape index (κ3) is 3.16. The first kappa shape index (κ1) is 13.9. The van der Waals surface area contributed by atoms with Crippen LogP contribution in [0.25, 0.3) is 0 Å². The van der Waals surface area contributed by atoms with Gasteiger partial charge in [0.1, 0.15) is 0 Å². The van der Waals surface area contributed by atoms with E-state index in [0.717, 1.165) is 23.9 Å². The quantitative estimate of drug-likeness (QED) is 0.837. The molecule has 3 rings (SSSR count). The predicted octanol–water partition coefficient (Wildman–Crippen LogP) is 3.42. The van der Waals surface area contributed by atoms with Crippen molar-refractivity contribution in [2.75, 3.05) is 20.1 Å². The summed E-state index contributed by atoms with van der Waals surface area (Å²) in [4.78, 5) is 2.85. The smallest absolute Gasteiger partial charge is 0.0220 e. The summed E-state index contributed by atoms with van der Waals surface area (Å²) in [5, 5.41) is 3.65. The molecule has 0 bridgehead atoms. The summed E-state index contributed by atoms with van der Waals surface area (Å²) in [5.41, 5.74) is 0. The minimum absolute atomic E-state index is 0.751. The fraction of sp³-hybridized carbons (Fsp3) is 1.00. The molecular weight excluding hydrogens is 232 g/mol. The van der Waals surface area contributed by atoms with Crippen molar-refractivity contribution in [2.24, 2.45) is 11.8 Å².